The smallest absolute Gasteiger partial charge is 0.180 e. The standard InChI is InChI=1S/C13H22N6/c1-14-11-10-19-9-7-16-13(19)12(17-11)15-6-4-5-8-18(2)3/h7,9-10,14H,4-6,8H2,1-3H3,(H,15,17). The lowest BCUT2D eigenvalue weighted by molar-refractivity contribution is 0.396. The highest BCUT2D eigenvalue weighted by atomic mass is 15.1. The lowest BCUT2D eigenvalue weighted by atomic mass is 10.3. The number of rotatable bonds is 7. The summed E-state index contributed by atoms with van der Waals surface area (Å²) in [6.07, 6.45) is 7.94. The summed E-state index contributed by atoms with van der Waals surface area (Å²) in [5.41, 5.74) is 0.867. The molecule has 0 radical (unpaired) electrons. The molecule has 0 aliphatic heterocycles. The highest BCUT2D eigenvalue weighted by Crippen LogP contribution is 2.15. The van der Waals surface area contributed by atoms with E-state index >= 15 is 0 Å². The van der Waals surface area contributed by atoms with Crippen molar-refractivity contribution in [3.8, 4) is 0 Å². The summed E-state index contributed by atoms with van der Waals surface area (Å²) in [7, 11) is 6.06. The van der Waals surface area contributed by atoms with Gasteiger partial charge in [0.1, 0.15) is 5.82 Å². The molecule has 0 aromatic carbocycles. The lowest BCUT2D eigenvalue weighted by Gasteiger charge is -2.11. The molecule has 104 valence electrons. The molecule has 0 bridgehead atoms. The van der Waals surface area contributed by atoms with Crippen LogP contribution in [0.5, 0.6) is 0 Å². The van der Waals surface area contributed by atoms with E-state index in [0.29, 0.717) is 0 Å². The van der Waals surface area contributed by atoms with Crippen LogP contribution in [0.2, 0.25) is 0 Å². The molecule has 2 aromatic heterocycles. The number of anilines is 2. The Balaban J connectivity index is 1.97. The van der Waals surface area contributed by atoms with Gasteiger partial charge in [0, 0.05) is 26.0 Å². The van der Waals surface area contributed by atoms with Gasteiger partial charge in [-0.2, -0.15) is 0 Å². The molecule has 0 atom stereocenters. The Labute approximate surface area is 113 Å². The van der Waals surface area contributed by atoms with Gasteiger partial charge < -0.3 is 19.9 Å². The summed E-state index contributed by atoms with van der Waals surface area (Å²) in [5, 5.41) is 6.43. The van der Waals surface area contributed by atoms with Crippen LogP contribution in [0.3, 0.4) is 0 Å². The van der Waals surface area contributed by atoms with E-state index in [9.17, 15) is 0 Å². The molecule has 2 rings (SSSR count). The van der Waals surface area contributed by atoms with Crippen molar-refractivity contribution in [3.05, 3.63) is 18.6 Å². The molecular formula is C13H22N6. The Bertz CT molecular complexity index is 519. The van der Waals surface area contributed by atoms with Gasteiger partial charge in [0.05, 0.1) is 6.20 Å². The van der Waals surface area contributed by atoms with Crippen LogP contribution in [0.4, 0.5) is 11.6 Å². The molecule has 0 saturated heterocycles. The first-order valence-corrected chi connectivity index (χ1v) is 6.61. The second-order valence-electron chi connectivity index (χ2n) is 4.82. The Hall–Kier alpha value is -1.82. The second-order valence-corrected chi connectivity index (χ2v) is 4.82. The van der Waals surface area contributed by atoms with Crippen LogP contribution in [0, 0.1) is 0 Å². The minimum absolute atomic E-state index is 0.835. The molecule has 0 aliphatic carbocycles. The Morgan fingerprint density at radius 3 is 2.89 bits per heavy atom. The van der Waals surface area contributed by atoms with Crippen molar-refractivity contribution in [1.82, 2.24) is 19.3 Å². The zero-order valence-corrected chi connectivity index (χ0v) is 11.8. The van der Waals surface area contributed by atoms with Crippen LogP contribution in [0.25, 0.3) is 5.65 Å². The second kappa shape index (κ2) is 6.38. The van der Waals surface area contributed by atoms with Gasteiger partial charge in [-0.25, -0.2) is 9.97 Å². The van der Waals surface area contributed by atoms with Crippen LogP contribution in [0.15, 0.2) is 18.6 Å². The van der Waals surface area contributed by atoms with Crippen molar-refractivity contribution >= 4 is 17.3 Å². The number of aromatic nitrogens is 3. The lowest BCUT2D eigenvalue weighted by Crippen LogP contribution is -2.14. The quantitative estimate of drug-likeness (QED) is 0.741. The summed E-state index contributed by atoms with van der Waals surface area (Å²) >= 11 is 0. The normalized spacial score (nSPS) is 11.2. The van der Waals surface area contributed by atoms with E-state index in [0.717, 1.165) is 36.8 Å². The van der Waals surface area contributed by atoms with E-state index in [1.54, 1.807) is 6.20 Å². The maximum absolute atomic E-state index is 4.51. The molecule has 2 heterocycles. The fourth-order valence-electron chi connectivity index (χ4n) is 1.93. The van der Waals surface area contributed by atoms with Crippen LogP contribution in [0.1, 0.15) is 12.8 Å². The molecule has 0 aliphatic rings. The van der Waals surface area contributed by atoms with Crippen molar-refractivity contribution in [1.29, 1.82) is 0 Å². The zero-order valence-electron chi connectivity index (χ0n) is 11.8. The van der Waals surface area contributed by atoms with Crippen molar-refractivity contribution in [3.63, 3.8) is 0 Å². The number of hydrogen-bond donors (Lipinski definition) is 2. The zero-order chi connectivity index (χ0) is 13.7. The first kappa shape index (κ1) is 13.6. The maximum atomic E-state index is 4.51. The molecule has 6 heteroatoms. The predicted molar refractivity (Wildman–Crippen MR) is 78.8 cm³/mol. The molecule has 0 spiro atoms. The summed E-state index contributed by atoms with van der Waals surface area (Å²) in [5.74, 6) is 1.67. The minimum atomic E-state index is 0.835. The van der Waals surface area contributed by atoms with Gasteiger partial charge in [0.25, 0.3) is 0 Å². The molecular weight excluding hydrogens is 240 g/mol. The Morgan fingerprint density at radius 1 is 1.32 bits per heavy atom. The fraction of sp³-hybridized carbons (Fsp3) is 0.538. The Kier molecular flexibility index (Phi) is 4.57. The van der Waals surface area contributed by atoms with Gasteiger partial charge in [0.2, 0.25) is 0 Å². The van der Waals surface area contributed by atoms with Gasteiger partial charge in [-0.3, -0.25) is 0 Å². The number of unbranched alkanes of at least 4 members (excludes halogenated alkanes) is 1. The number of hydrogen-bond acceptors (Lipinski definition) is 5. The van der Waals surface area contributed by atoms with E-state index in [2.05, 4.69) is 39.6 Å². The SMILES string of the molecule is CNc1cn2ccnc2c(NCCCCN(C)C)n1. The van der Waals surface area contributed by atoms with E-state index in [4.69, 9.17) is 0 Å². The first-order chi connectivity index (χ1) is 9.20. The summed E-state index contributed by atoms with van der Waals surface area (Å²) < 4.78 is 1.97. The molecule has 0 unspecified atom stereocenters. The third-order valence-corrected chi connectivity index (χ3v) is 2.95. The highest BCUT2D eigenvalue weighted by molar-refractivity contribution is 5.65. The largest absolute Gasteiger partial charge is 0.372 e. The molecule has 19 heavy (non-hydrogen) atoms. The third kappa shape index (κ3) is 3.57. The van der Waals surface area contributed by atoms with Crippen LogP contribution >= 0.6 is 0 Å². The van der Waals surface area contributed by atoms with Gasteiger partial charge >= 0.3 is 0 Å². The summed E-state index contributed by atoms with van der Waals surface area (Å²) in [6, 6.07) is 0. The molecule has 2 aromatic rings. The van der Waals surface area contributed by atoms with E-state index in [-0.39, 0.29) is 0 Å². The van der Waals surface area contributed by atoms with Gasteiger partial charge in [-0.1, -0.05) is 0 Å². The van der Waals surface area contributed by atoms with Gasteiger partial charge in [0.15, 0.2) is 11.5 Å². The molecule has 0 amide bonds. The topological polar surface area (TPSA) is 57.5 Å². The molecule has 2 N–H and O–H groups in total. The van der Waals surface area contributed by atoms with Crippen molar-refractivity contribution < 1.29 is 0 Å². The third-order valence-electron chi connectivity index (χ3n) is 2.95. The fourth-order valence-corrected chi connectivity index (χ4v) is 1.93. The number of fused-ring (bicyclic) bond motifs is 1. The van der Waals surface area contributed by atoms with Gasteiger partial charge in [-0.05, 0) is 33.5 Å². The van der Waals surface area contributed by atoms with Crippen LogP contribution in [-0.4, -0.2) is 53.5 Å². The molecule has 0 saturated carbocycles. The minimum Gasteiger partial charge on any atom is -0.372 e. The Morgan fingerprint density at radius 2 is 2.16 bits per heavy atom. The number of nitrogens with one attached hydrogen (secondary N) is 2. The average Bonchev–Trinajstić information content (AvgIpc) is 2.85. The monoisotopic (exact) mass is 262 g/mol. The number of imidazole rings is 1. The van der Waals surface area contributed by atoms with Gasteiger partial charge in [-0.15, -0.1) is 0 Å². The van der Waals surface area contributed by atoms with Crippen LogP contribution < -0.4 is 10.6 Å². The van der Waals surface area contributed by atoms with Crippen molar-refractivity contribution in [2.45, 2.75) is 12.8 Å². The van der Waals surface area contributed by atoms with E-state index < -0.39 is 0 Å². The van der Waals surface area contributed by atoms with E-state index in [1.165, 1.54) is 6.42 Å². The van der Waals surface area contributed by atoms with Crippen LogP contribution in [-0.2, 0) is 0 Å². The maximum Gasteiger partial charge on any atom is 0.180 e. The average molecular weight is 262 g/mol. The molecule has 6 nitrogen and oxygen atoms in total. The first-order valence-electron chi connectivity index (χ1n) is 6.61. The van der Waals surface area contributed by atoms with Crippen molar-refractivity contribution in [2.24, 2.45) is 0 Å². The number of nitrogens with zero attached hydrogens (tertiary/aromatic N) is 4. The predicted octanol–water partition coefficient (Wildman–Crippen LogP) is 1.52. The highest BCUT2D eigenvalue weighted by Gasteiger charge is 2.06. The molecule has 0 fully saturated rings. The summed E-state index contributed by atoms with van der Waals surface area (Å²) in [6.45, 7) is 2.03. The van der Waals surface area contributed by atoms with Crippen molar-refractivity contribution in [2.75, 3.05) is 44.9 Å². The summed E-state index contributed by atoms with van der Waals surface area (Å²) in [4.78, 5) is 11.0. The van der Waals surface area contributed by atoms with E-state index in [1.807, 2.05) is 23.8 Å².